The number of anilines is 1. The normalized spacial score (nSPS) is 17.2. The van der Waals surface area contributed by atoms with E-state index in [1.54, 1.807) is 19.4 Å². The quantitative estimate of drug-likeness (QED) is 0.808. The van der Waals surface area contributed by atoms with Gasteiger partial charge in [-0.2, -0.15) is 0 Å². The summed E-state index contributed by atoms with van der Waals surface area (Å²) in [4.78, 5) is 17.8. The van der Waals surface area contributed by atoms with Gasteiger partial charge in [-0.05, 0) is 25.0 Å². The molecule has 0 aliphatic carbocycles. The summed E-state index contributed by atoms with van der Waals surface area (Å²) in [5.41, 5.74) is 1.20. The summed E-state index contributed by atoms with van der Waals surface area (Å²) >= 11 is 0. The lowest BCUT2D eigenvalue weighted by molar-refractivity contribution is -0.125. The third-order valence-corrected chi connectivity index (χ3v) is 3.14. The van der Waals surface area contributed by atoms with Gasteiger partial charge in [0.1, 0.15) is 0 Å². The number of hydrogen-bond acceptors (Lipinski definition) is 3. The number of piperidine rings is 1. The zero-order chi connectivity index (χ0) is 11.4. The minimum Gasteiger partial charge on any atom is -0.371 e. The van der Waals surface area contributed by atoms with Gasteiger partial charge >= 0.3 is 0 Å². The van der Waals surface area contributed by atoms with Crippen molar-refractivity contribution < 1.29 is 4.79 Å². The molecule has 4 heteroatoms. The number of hydrogen-bond donors (Lipinski definition) is 1. The van der Waals surface area contributed by atoms with Gasteiger partial charge in [0, 0.05) is 44.1 Å². The molecule has 1 N–H and O–H groups in total. The highest BCUT2D eigenvalue weighted by Gasteiger charge is 2.23. The lowest BCUT2D eigenvalue weighted by Crippen LogP contribution is -2.39. The van der Waals surface area contributed by atoms with Crippen LogP contribution in [0.4, 0.5) is 5.69 Å². The SMILES string of the molecule is CNC(=O)C1CCN(c2ccncc2)CC1. The highest BCUT2D eigenvalue weighted by Crippen LogP contribution is 2.22. The molecular weight excluding hydrogens is 202 g/mol. The molecule has 1 aliphatic rings. The summed E-state index contributed by atoms with van der Waals surface area (Å²) in [6, 6.07) is 4.03. The monoisotopic (exact) mass is 219 g/mol. The fourth-order valence-corrected chi connectivity index (χ4v) is 2.16. The van der Waals surface area contributed by atoms with Gasteiger partial charge in [-0.1, -0.05) is 0 Å². The first kappa shape index (κ1) is 10.9. The second-order valence-corrected chi connectivity index (χ2v) is 4.08. The number of nitrogens with zero attached hydrogens (tertiary/aromatic N) is 2. The fourth-order valence-electron chi connectivity index (χ4n) is 2.16. The molecule has 0 saturated carbocycles. The van der Waals surface area contributed by atoms with E-state index in [4.69, 9.17) is 0 Å². The third kappa shape index (κ3) is 2.32. The van der Waals surface area contributed by atoms with Crippen LogP contribution in [-0.2, 0) is 4.79 Å². The molecule has 1 fully saturated rings. The number of rotatable bonds is 2. The molecule has 86 valence electrons. The van der Waals surface area contributed by atoms with Gasteiger partial charge in [0.15, 0.2) is 0 Å². The van der Waals surface area contributed by atoms with Crippen molar-refractivity contribution in [1.82, 2.24) is 10.3 Å². The van der Waals surface area contributed by atoms with Crippen molar-refractivity contribution in [2.75, 3.05) is 25.0 Å². The number of nitrogens with one attached hydrogen (secondary N) is 1. The number of carbonyl (C=O) groups is 1. The van der Waals surface area contributed by atoms with Gasteiger partial charge in [-0.3, -0.25) is 9.78 Å². The van der Waals surface area contributed by atoms with Crippen molar-refractivity contribution >= 4 is 11.6 Å². The lowest BCUT2D eigenvalue weighted by atomic mass is 9.96. The molecule has 1 saturated heterocycles. The third-order valence-electron chi connectivity index (χ3n) is 3.14. The minimum atomic E-state index is 0.175. The Morgan fingerprint density at radius 2 is 2.00 bits per heavy atom. The Morgan fingerprint density at radius 1 is 1.38 bits per heavy atom. The highest BCUT2D eigenvalue weighted by molar-refractivity contribution is 5.78. The Balaban J connectivity index is 1.93. The average Bonchev–Trinajstić information content (AvgIpc) is 2.39. The van der Waals surface area contributed by atoms with Gasteiger partial charge in [-0.25, -0.2) is 0 Å². The van der Waals surface area contributed by atoms with E-state index in [0.29, 0.717) is 0 Å². The van der Waals surface area contributed by atoms with Gasteiger partial charge in [0.2, 0.25) is 5.91 Å². The van der Waals surface area contributed by atoms with Crippen LogP contribution in [0.1, 0.15) is 12.8 Å². The van der Waals surface area contributed by atoms with Crippen LogP contribution in [-0.4, -0.2) is 31.0 Å². The van der Waals surface area contributed by atoms with Crippen LogP contribution in [0.2, 0.25) is 0 Å². The van der Waals surface area contributed by atoms with Crippen LogP contribution in [0.25, 0.3) is 0 Å². The molecule has 2 heterocycles. The van der Waals surface area contributed by atoms with Gasteiger partial charge < -0.3 is 10.2 Å². The Labute approximate surface area is 95.7 Å². The topological polar surface area (TPSA) is 45.2 Å². The molecule has 1 aliphatic heterocycles. The maximum absolute atomic E-state index is 11.5. The largest absolute Gasteiger partial charge is 0.371 e. The van der Waals surface area contributed by atoms with Gasteiger partial charge in [-0.15, -0.1) is 0 Å². The Bertz CT molecular complexity index is 345. The summed E-state index contributed by atoms with van der Waals surface area (Å²) in [7, 11) is 1.71. The first-order valence-electron chi connectivity index (χ1n) is 5.68. The van der Waals surface area contributed by atoms with E-state index < -0.39 is 0 Å². The zero-order valence-corrected chi connectivity index (χ0v) is 9.52. The first-order valence-corrected chi connectivity index (χ1v) is 5.68. The Morgan fingerprint density at radius 3 is 2.56 bits per heavy atom. The lowest BCUT2D eigenvalue weighted by Gasteiger charge is -2.32. The number of amides is 1. The van der Waals surface area contributed by atoms with Crippen LogP contribution >= 0.6 is 0 Å². The van der Waals surface area contributed by atoms with Crippen LogP contribution in [0.5, 0.6) is 0 Å². The molecule has 1 aromatic heterocycles. The van der Waals surface area contributed by atoms with E-state index >= 15 is 0 Å². The van der Waals surface area contributed by atoms with Gasteiger partial charge in [0.05, 0.1) is 0 Å². The molecule has 0 aromatic carbocycles. The van der Waals surface area contributed by atoms with E-state index in [-0.39, 0.29) is 11.8 Å². The maximum Gasteiger partial charge on any atom is 0.222 e. The molecule has 0 unspecified atom stereocenters. The number of pyridine rings is 1. The summed E-state index contributed by atoms with van der Waals surface area (Å²) in [5, 5.41) is 2.72. The molecule has 1 amide bonds. The van der Waals surface area contributed by atoms with E-state index in [1.165, 1.54) is 5.69 Å². The van der Waals surface area contributed by atoms with E-state index in [1.807, 2.05) is 12.1 Å². The molecular formula is C12H17N3O. The zero-order valence-electron chi connectivity index (χ0n) is 9.52. The van der Waals surface area contributed by atoms with Crippen molar-refractivity contribution in [2.24, 2.45) is 5.92 Å². The molecule has 0 atom stereocenters. The van der Waals surface area contributed by atoms with Crippen LogP contribution in [0.3, 0.4) is 0 Å². The van der Waals surface area contributed by atoms with Crippen LogP contribution in [0, 0.1) is 5.92 Å². The Hall–Kier alpha value is -1.58. The molecule has 4 nitrogen and oxygen atoms in total. The van der Waals surface area contributed by atoms with Crippen LogP contribution in [0.15, 0.2) is 24.5 Å². The summed E-state index contributed by atoms with van der Waals surface area (Å²) in [5.74, 6) is 0.359. The van der Waals surface area contributed by atoms with E-state index in [2.05, 4.69) is 15.2 Å². The van der Waals surface area contributed by atoms with Crippen molar-refractivity contribution in [2.45, 2.75) is 12.8 Å². The smallest absolute Gasteiger partial charge is 0.222 e. The number of aromatic nitrogens is 1. The second-order valence-electron chi connectivity index (χ2n) is 4.08. The average molecular weight is 219 g/mol. The predicted molar refractivity (Wildman–Crippen MR) is 63.2 cm³/mol. The maximum atomic E-state index is 11.5. The summed E-state index contributed by atoms with van der Waals surface area (Å²) in [6.45, 7) is 1.89. The molecule has 1 aromatic rings. The standard InChI is InChI=1S/C12H17N3O/c1-13-12(16)10-4-8-15(9-5-10)11-2-6-14-7-3-11/h2-3,6-7,10H,4-5,8-9H2,1H3,(H,13,16). The molecule has 16 heavy (non-hydrogen) atoms. The minimum absolute atomic E-state index is 0.175. The highest BCUT2D eigenvalue weighted by atomic mass is 16.1. The van der Waals surface area contributed by atoms with Crippen molar-refractivity contribution in [1.29, 1.82) is 0 Å². The molecule has 0 bridgehead atoms. The summed E-state index contributed by atoms with van der Waals surface area (Å²) in [6.07, 6.45) is 5.48. The predicted octanol–water partition coefficient (Wildman–Crippen LogP) is 1.04. The molecule has 0 radical (unpaired) electrons. The van der Waals surface area contributed by atoms with Crippen molar-refractivity contribution in [3.8, 4) is 0 Å². The summed E-state index contributed by atoms with van der Waals surface area (Å²) < 4.78 is 0. The molecule has 0 spiro atoms. The van der Waals surface area contributed by atoms with Crippen molar-refractivity contribution in [3.63, 3.8) is 0 Å². The number of carbonyl (C=O) groups excluding carboxylic acids is 1. The van der Waals surface area contributed by atoms with E-state index in [9.17, 15) is 4.79 Å². The van der Waals surface area contributed by atoms with Crippen molar-refractivity contribution in [3.05, 3.63) is 24.5 Å². The first-order chi connectivity index (χ1) is 7.81. The van der Waals surface area contributed by atoms with Gasteiger partial charge in [0.25, 0.3) is 0 Å². The fraction of sp³-hybridized carbons (Fsp3) is 0.500. The Kier molecular flexibility index (Phi) is 3.39. The molecule has 2 rings (SSSR count). The van der Waals surface area contributed by atoms with Crippen LogP contribution < -0.4 is 10.2 Å². The second kappa shape index (κ2) is 4.96. The van der Waals surface area contributed by atoms with E-state index in [0.717, 1.165) is 25.9 Å².